The first-order chi connectivity index (χ1) is 20.2. The fraction of sp³-hybridized carbons (Fsp3) is 0.143. The number of ether oxygens (including phenoxy) is 1. The van der Waals surface area contributed by atoms with Crippen LogP contribution in [0.5, 0.6) is 5.75 Å². The zero-order chi connectivity index (χ0) is 29.5. The lowest BCUT2D eigenvalue weighted by Gasteiger charge is -2.31. The Morgan fingerprint density at radius 3 is 2.50 bits per heavy atom. The third kappa shape index (κ3) is 5.06. The summed E-state index contributed by atoms with van der Waals surface area (Å²) in [5, 5.41) is 13.7. The fourth-order valence-corrected chi connectivity index (χ4v) is 7.77. The van der Waals surface area contributed by atoms with Crippen molar-refractivity contribution in [3.05, 3.63) is 108 Å². The molecule has 4 aromatic rings. The first-order valence-corrected chi connectivity index (χ1v) is 14.6. The number of hydrogen-bond acceptors (Lipinski definition) is 9. The maximum atomic E-state index is 14.0. The molecule has 6 rings (SSSR count). The minimum atomic E-state index is -0.949. The van der Waals surface area contributed by atoms with Gasteiger partial charge >= 0.3 is 4.87 Å². The molecule has 1 saturated heterocycles. The van der Waals surface area contributed by atoms with Crippen LogP contribution in [0.2, 0.25) is 5.02 Å². The van der Waals surface area contributed by atoms with Gasteiger partial charge in [-0.1, -0.05) is 52.9 Å². The maximum absolute atomic E-state index is 14.0. The second kappa shape index (κ2) is 11.1. The molecule has 3 aromatic carbocycles. The van der Waals surface area contributed by atoms with Crippen LogP contribution >= 0.6 is 34.7 Å². The zero-order valence-electron chi connectivity index (χ0n) is 21.3. The predicted octanol–water partition coefficient (Wildman–Crippen LogP) is 4.81. The standard InChI is InChI=1S/C28H19ClN4O7S2/c29-14-6-11-19(40-13-20(34)30-15-4-2-1-3-5-15)18(12-14)21-22-24(41-25-23(21)42-28(37)31-25)27(36)32(26(22)35)16-7-9-17(10-8-16)33(38)39/h1-12,21-22,24H,13H2,(H,30,34)(H,31,37)/t21-,22-,24+/m0/s1. The van der Waals surface area contributed by atoms with Gasteiger partial charge in [0.1, 0.15) is 11.0 Å². The molecule has 3 amide bonds. The molecule has 11 nitrogen and oxygen atoms in total. The molecule has 212 valence electrons. The number of nitrogens with zero attached hydrogens (tertiary/aromatic N) is 2. The number of nitrogens with one attached hydrogen (secondary N) is 2. The van der Waals surface area contributed by atoms with E-state index in [9.17, 15) is 29.3 Å². The molecule has 0 aliphatic carbocycles. The van der Waals surface area contributed by atoms with E-state index in [1.165, 1.54) is 24.3 Å². The molecule has 3 atom stereocenters. The van der Waals surface area contributed by atoms with Crippen LogP contribution in [0.25, 0.3) is 0 Å². The van der Waals surface area contributed by atoms with E-state index in [2.05, 4.69) is 10.3 Å². The molecule has 2 aliphatic heterocycles. The number of nitro benzene ring substituents is 1. The average Bonchev–Trinajstić information content (AvgIpc) is 3.47. The van der Waals surface area contributed by atoms with Crippen molar-refractivity contribution >= 4 is 69.5 Å². The Hall–Kier alpha value is -4.46. The number of imide groups is 1. The number of rotatable bonds is 7. The summed E-state index contributed by atoms with van der Waals surface area (Å²) in [6.45, 7) is -0.350. The van der Waals surface area contributed by atoms with Crippen LogP contribution in [0.3, 0.4) is 0 Å². The monoisotopic (exact) mass is 622 g/mol. The first kappa shape index (κ1) is 27.7. The Kier molecular flexibility index (Phi) is 7.31. The zero-order valence-corrected chi connectivity index (χ0v) is 23.7. The number of aromatic nitrogens is 1. The summed E-state index contributed by atoms with van der Waals surface area (Å²) in [4.78, 5) is 67.2. The molecule has 1 fully saturated rings. The van der Waals surface area contributed by atoms with Crippen LogP contribution in [0.4, 0.5) is 17.1 Å². The summed E-state index contributed by atoms with van der Waals surface area (Å²) < 4.78 is 5.92. The van der Waals surface area contributed by atoms with Crippen LogP contribution in [0.1, 0.15) is 16.4 Å². The van der Waals surface area contributed by atoms with E-state index in [0.29, 0.717) is 26.2 Å². The minimum Gasteiger partial charge on any atom is -0.483 e. The summed E-state index contributed by atoms with van der Waals surface area (Å²) in [6, 6.07) is 18.8. The highest BCUT2D eigenvalue weighted by molar-refractivity contribution is 8.00. The summed E-state index contributed by atoms with van der Waals surface area (Å²) in [5.74, 6) is -2.95. The number of fused-ring (bicyclic) bond motifs is 2. The van der Waals surface area contributed by atoms with Gasteiger partial charge in [0.2, 0.25) is 11.8 Å². The number of hydrogen-bond donors (Lipinski definition) is 2. The highest BCUT2D eigenvalue weighted by Gasteiger charge is 2.57. The van der Waals surface area contributed by atoms with Gasteiger partial charge in [0.05, 0.1) is 21.6 Å². The van der Waals surface area contributed by atoms with Gasteiger partial charge in [-0.2, -0.15) is 0 Å². The Balaban J connectivity index is 1.37. The molecule has 0 unspecified atom stereocenters. The SMILES string of the molecule is O=C(COc1ccc(Cl)cc1[C@@H]1c2sc(=O)[nH]c2S[C@H]2C(=O)N(c3ccc([N+](=O)[O-])cc3)C(=O)[C@@H]12)Nc1ccccc1. The van der Waals surface area contributed by atoms with Crippen molar-refractivity contribution in [2.45, 2.75) is 16.2 Å². The lowest BCUT2D eigenvalue weighted by molar-refractivity contribution is -0.384. The van der Waals surface area contributed by atoms with Crippen molar-refractivity contribution in [2.75, 3.05) is 16.8 Å². The van der Waals surface area contributed by atoms with Gasteiger partial charge in [-0.3, -0.25) is 29.3 Å². The predicted molar refractivity (Wildman–Crippen MR) is 158 cm³/mol. The Bertz CT molecular complexity index is 1790. The van der Waals surface area contributed by atoms with Crippen molar-refractivity contribution in [3.63, 3.8) is 0 Å². The number of para-hydroxylation sites is 1. The van der Waals surface area contributed by atoms with Crippen LogP contribution in [-0.4, -0.2) is 39.5 Å². The number of halogens is 1. The third-order valence-electron chi connectivity index (χ3n) is 6.87. The number of aromatic amines is 1. The number of benzene rings is 3. The van der Waals surface area contributed by atoms with Gasteiger partial charge in [-0.25, -0.2) is 4.90 Å². The number of thiazole rings is 1. The van der Waals surface area contributed by atoms with E-state index >= 15 is 0 Å². The summed E-state index contributed by atoms with van der Waals surface area (Å²) in [5.41, 5.74) is 1.05. The number of thioether (sulfide) groups is 1. The van der Waals surface area contributed by atoms with Crippen molar-refractivity contribution < 1.29 is 24.0 Å². The molecule has 14 heteroatoms. The number of amides is 3. The number of non-ortho nitro benzene ring substituents is 1. The van der Waals surface area contributed by atoms with Gasteiger partial charge in [0.25, 0.3) is 11.6 Å². The van der Waals surface area contributed by atoms with Gasteiger partial charge in [0, 0.05) is 39.2 Å². The van der Waals surface area contributed by atoms with E-state index < -0.39 is 39.7 Å². The largest absolute Gasteiger partial charge is 0.483 e. The fourth-order valence-electron chi connectivity index (χ4n) is 5.09. The van der Waals surface area contributed by atoms with Crippen molar-refractivity contribution in [1.82, 2.24) is 4.98 Å². The second-order valence-electron chi connectivity index (χ2n) is 9.42. The quantitative estimate of drug-likeness (QED) is 0.169. The molecule has 1 aromatic heterocycles. The Morgan fingerprint density at radius 2 is 1.79 bits per heavy atom. The maximum Gasteiger partial charge on any atom is 0.305 e. The molecule has 42 heavy (non-hydrogen) atoms. The molecule has 0 bridgehead atoms. The van der Waals surface area contributed by atoms with Crippen molar-refractivity contribution in [1.29, 1.82) is 0 Å². The van der Waals surface area contributed by atoms with Gasteiger partial charge in [-0.05, 0) is 42.5 Å². The van der Waals surface area contributed by atoms with E-state index in [1.807, 2.05) is 6.07 Å². The van der Waals surface area contributed by atoms with Crippen molar-refractivity contribution in [3.8, 4) is 5.75 Å². The molecule has 0 spiro atoms. The number of carbonyl (C=O) groups excluding carboxylic acids is 3. The smallest absolute Gasteiger partial charge is 0.305 e. The molecule has 0 saturated carbocycles. The average molecular weight is 623 g/mol. The molecule has 3 heterocycles. The number of carbonyl (C=O) groups is 3. The Morgan fingerprint density at radius 1 is 1.05 bits per heavy atom. The lowest BCUT2D eigenvalue weighted by atomic mass is 9.82. The van der Waals surface area contributed by atoms with E-state index in [0.717, 1.165) is 28.0 Å². The van der Waals surface area contributed by atoms with Gasteiger partial charge < -0.3 is 15.0 Å². The van der Waals surface area contributed by atoms with Crippen LogP contribution in [-0.2, 0) is 14.4 Å². The number of H-pyrrole nitrogens is 1. The van der Waals surface area contributed by atoms with E-state index in [4.69, 9.17) is 16.3 Å². The van der Waals surface area contributed by atoms with Gasteiger partial charge in [0.15, 0.2) is 6.61 Å². The van der Waals surface area contributed by atoms with Crippen LogP contribution < -0.4 is 19.8 Å². The van der Waals surface area contributed by atoms with E-state index in [1.54, 1.807) is 42.5 Å². The normalized spacial score (nSPS) is 19.3. The summed E-state index contributed by atoms with van der Waals surface area (Å²) >= 11 is 8.40. The molecular formula is C28H19ClN4O7S2. The topological polar surface area (TPSA) is 152 Å². The van der Waals surface area contributed by atoms with Crippen LogP contribution in [0.15, 0.2) is 82.6 Å². The highest BCUT2D eigenvalue weighted by atomic mass is 35.5. The van der Waals surface area contributed by atoms with Gasteiger partial charge in [-0.15, -0.1) is 0 Å². The second-order valence-corrected chi connectivity index (χ2v) is 12.0. The first-order valence-electron chi connectivity index (χ1n) is 12.5. The Labute approximate surface area is 250 Å². The molecule has 0 radical (unpaired) electrons. The summed E-state index contributed by atoms with van der Waals surface area (Å²) in [6.07, 6.45) is 0. The molecule has 2 N–H and O–H groups in total. The third-order valence-corrected chi connectivity index (χ3v) is 9.50. The van der Waals surface area contributed by atoms with Crippen molar-refractivity contribution in [2.24, 2.45) is 5.92 Å². The minimum absolute atomic E-state index is 0.181. The van der Waals surface area contributed by atoms with E-state index in [-0.39, 0.29) is 28.6 Å². The lowest BCUT2D eigenvalue weighted by Crippen LogP contribution is -2.32. The molecule has 2 aliphatic rings. The number of nitro groups is 1. The van der Waals surface area contributed by atoms with Crippen LogP contribution in [0, 0.1) is 16.0 Å². The molecular weight excluding hydrogens is 604 g/mol. The highest BCUT2D eigenvalue weighted by Crippen LogP contribution is 2.54. The summed E-state index contributed by atoms with van der Waals surface area (Å²) in [7, 11) is 0. The number of anilines is 2.